The summed E-state index contributed by atoms with van der Waals surface area (Å²) < 4.78 is 1.96. The molecule has 1 atom stereocenters. The summed E-state index contributed by atoms with van der Waals surface area (Å²) in [7, 11) is 0. The molecule has 0 unspecified atom stereocenters. The third-order valence-electron chi connectivity index (χ3n) is 5.31. The van der Waals surface area contributed by atoms with E-state index in [1.165, 1.54) is 11.3 Å². The van der Waals surface area contributed by atoms with E-state index in [0.29, 0.717) is 17.8 Å². The Morgan fingerprint density at radius 3 is 2.69 bits per heavy atom. The lowest BCUT2D eigenvalue weighted by Gasteiger charge is -2.24. The predicted octanol–water partition coefficient (Wildman–Crippen LogP) is 5.01. The van der Waals surface area contributed by atoms with Crippen LogP contribution in [0, 0.1) is 0 Å². The topological polar surface area (TPSA) is 69.6 Å². The molecule has 1 saturated heterocycles. The smallest absolute Gasteiger partial charge is 0.346 e. The highest BCUT2D eigenvalue weighted by Crippen LogP contribution is 2.34. The van der Waals surface area contributed by atoms with Crippen LogP contribution in [0.2, 0.25) is 0 Å². The molecule has 0 spiro atoms. The van der Waals surface area contributed by atoms with Crippen LogP contribution in [-0.4, -0.2) is 41.0 Å². The van der Waals surface area contributed by atoms with E-state index in [2.05, 4.69) is 26.1 Å². The number of amides is 1. The van der Waals surface area contributed by atoms with Gasteiger partial charge in [0.2, 0.25) is 5.91 Å². The number of carboxylic acids is 1. The van der Waals surface area contributed by atoms with E-state index in [1.807, 2.05) is 48.5 Å². The van der Waals surface area contributed by atoms with Crippen LogP contribution in [0.25, 0.3) is 10.1 Å². The number of nitrogens with one attached hydrogen (secondary N) is 1. The zero-order chi connectivity index (χ0) is 20.4. The van der Waals surface area contributed by atoms with Crippen molar-refractivity contribution in [2.45, 2.75) is 25.3 Å². The Labute approximate surface area is 181 Å². The summed E-state index contributed by atoms with van der Waals surface area (Å²) in [6.07, 6.45) is 2.63. The molecule has 0 aliphatic carbocycles. The van der Waals surface area contributed by atoms with Gasteiger partial charge in [-0.05, 0) is 67.1 Å². The number of fused-ring (bicyclic) bond motifs is 1. The van der Waals surface area contributed by atoms with E-state index in [1.54, 1.807) is 0 Å². The summed E-state index contributed by atoms with van der Waals surface area (Å²) in [5, 5.41) is 13.6. The lowest BCUT2D eigenvalue weighted by Crippen LogP contribution is -2.38. The molecular weight excluding hydrogens is 452 g/mol. The molecular formula is C22H21BrN2O3S. The number of hydrogen-bond donors (Lipinski definition) is 2. The van der Waals surface area contributed by atoms with Crippen LogP contribution in [0.1, 0.15) is 28.1 Å². The van der Waals surface area contributed by atoms with Crippen LogP contribution >= 0.6 is 27.3 Å². The number of carbonyl (C=O) groups excluding carboxylic acids is 1. The van der Waals surface area contributed by atoms with Gasteiger partial charge >= 0.3 is 5.97 Å². The predicted molar refractivity (Wildman–Crippen MR) is 120 cm³/mol. The normalized spacial score (nSPS) is 16.9. The molecule has 0 bridgehead atoms. The van der Waals surface area contributed by atoms with Crippen LogP contribution < -0.4 is 5.32 Å². The standard InChI is InChI=1S/C22H21BrN2O3S/c23-14-7-9-15(10-8-14)24-20(26)13-25-11-3-4-16(25)12-18-17-5-1-2-6-19(17)29-21(18)22(27)28/h1-2,5-10,16H,3-4,11-13H2,(H,24,26)(H,27,28)/t16-/m1/s1. The summed E-state index contributed by atoms with van der Waals surface area (Å²) in [5.74, 6) is -0.924. The summed E-state index contributed by atoms with van der Waals surface area (Å²) in [6, 6.07) is 15.5. The van der Waals surface area contributed by atoms with Gasteiger partial charge in [-0.15, -0.1) is 11.3 Å². The largest absolute Gasteiger partial charge is 0.477 e. The minimum atomic E-state index is -0.876. The summed E-state index contributed by atoms with van der Waals surface area (Å²) in [4.78, 5) is 26.9. The molecule has 2 N–H and O–H groups in total. The Kier molecular flexibility index (Phi) is 5.99. The van der Waals surface area contributed by atoms with Gasteiger partial charge in [0, 0.05) is 20.9 Å². The average molecular weight is 473 g/mol. The number of halogens is 1. The van der Waals surface area contributed by atoms with Crippen molar-refractivity contribution in [1.82, 2.24) is 4.90 Å². The third-order valence-corrected chi connectivity index (χ3v) is 7.04. The number of anilines is 1. The van der Waals surface area contributed by atoms with Gasteiger partial charge < -0.3 is 10.4 Å². The number of thiophene rings is 1. The van der Waals surface area contributed by atoms with E-state index in [0.717, 1.165) is 45.2 Å². The van der Waals surface area contributed by atoms with Gasteiger partial charge in [0.05, 0.1) is 6.54 Å². The first-order chi connectivity index (χ1) is 14.0. The third kappa shape index (κ3) is 4.52. The molecule has 4 rings (SSSR count). The van der Waals surface area contributed by atoms with Gasteiger partial charge in [0.25, 0.3) is 0 Å². The molecule has 2 heterocycles. The van der Waals surface area contributed by atoms with Crippen LogP contribution in [0.4, 0.5) is 5.69 Å². The SMILES string of the molecule is O=C(CN1CCC[C@@H]1Cc1c(C(=O)O)sc2ccccc12)Nc1ccc(Br)cc1. The van der Waals surface area contributed by atoms with E-state index in [9.17, 15) is 14.7 Å². The fraction of sp³-hybridized carbons (Fsp3) is 0.273. The number of likely N-dealkylation sites (tertiary alicyclic amines) is 1. The van der Waals surface area contributed by atoms with Gasteiger partial charge in [-0.1, -0.05) is 34.1 Å². The Hall–Kier alpha value is -2.22. The van der Waals surface area contributed by atoms with Gasteiger partial charge in [-0.3, -0.25) is 9.69 Å². The molecule has 29 heavy (non-hydrogen) atoms. The van der Waals surface area contributed by atoms with Crippen LogP contribution in [0.3, 0.4) is 0 Å². The van der Waals surface area contributed by atoms with Crippen molar-refractivity contribution in [2.75, 3.05) is 18.4 Å². The van der Waals surface area contributed by atoms with Crippen molar-refractivity contribution < 1.29 is 14.7 Å². The fourth-order valence-corrected chi connectivity index (χ4v) is 5.30. The maximum Gasteiger partial charge on any atom is 0.346 e. The number of aromatic carboxylic acids is 1. The number of carbonyl (C=O) groups is 2. The van der Waals surface area contributed by atoms with E-state index in [-0.39, 0.29) is 11.9 Å². The van der Waals surface area contributed by atoms with Crippen molar-refractivity contribution in [3.05, 3.63) is 63.4 Å². The molecule has 5 nitrogen and oxygen atoms in total. The number of rotatable bonds is 6. The molecule has 1 fully saturated rings. The molecule has 0 radical (unpaired) electrons. The Morgan fingerprint density at radius 2 is 1.93 bits per heavy atom. The lowest BCUT2D eigenvalue weighted by atomic mass is 10.0. The van der Waals surface area contributed by atoms with Crippen molar-refractivity contribution in [2.24, 2.45) is 0 Å². The Morgan fingerprint density at radius 1 is 1.17 bits per heavy atom. The molecule has 1 aromatic heterocycles. The van der Waals surface area contributed by atoms with E-state index >= 15 is 0 Å². The molecule has 1 aliphatic rings. The van der Waals surface area contributed by atoms with Gasteiger partial charge in [-0.25, -0.2) is 4.79 Å². The fourth-order valence-electron chi connectivity index (χ4n) is 3.96. The summed E-state index contributed by atoms with van der Waals surface area (Å²) in [5.41, 5.74) is 1.66. The molecule has 150 valence electrons. The molecule has 0 saturated carbocycles. The molecule has 1 amide bonds. The van der Waals surface area contributed by atoms with Gasteiger partial charge in [-0.2, -0.15) is 0 Å². The number of carboxylic acid groups (broad SMARTS) is 1. The van der Waals surface area contributed by atoms with Crippen LogP contribution in [0.5, 0.6) is 0 Å². The Balaban J connectivity index is 1.48. The number of benzene rings is 2. The Bertz CT molecular complexity index is 1050. The highest BCUT2D eigenvalue weighted by Gasteiger charge is 2.29. The second kappa shape index (κ2) is 8.65. The second-order valence-corrected chi connectivity index (χ2v) is 9.20. The zero-order valence-electron chi connectivity index (χ0n) is 15.7. The minimum Gasteiger partial charge on any atom is -0.477 e. The van der Waals surface area contributed by atoms with Gasteiger partial charge in [0.15, 0.2) is 0 Å². The first-order valence-electron chi connectivity index (χ1n) is 9.54. The van der Waals surface area contributed by atoms with Crippen LogP contribution in [0.15, 0.2) is 53.0 Å². The van der Waals surface area contributed by atoms with Crippen LogP contribution in [-0.2, 0) is 11.2 Å². The van der Waals surface area contributed by atoms with Crippen molar-refractivity contribution in [3.63, 3.8) is 0 Å². The first-order valence-corrected chi connectivity index (χ1v) is 11.2. The van der Waals surface area contributed by atoms with Crippen molar-refractivity contribution in [1.29, 1.82) is 0 Å². The lowest BCUT2D eigenvalue weighted by molar-refractivity contribution is -0.117. The summed E-state index contributed by atoms with van der Waals surface area (Å²) in [6.45, 7) is 1.16. The van der Waals surface area contributed by atoms with E-state index in [4.69, 9.17) is 0 Å². The molecule has 7 heteroatoms. The minimum absolute atomic E-state index is 0.0483. The average Bonchev–Trinajstić information content (AvgIpc) is 3.29. The molecule has 2 aromatic carbocycles. The molecule has 1 aliphatic heterocycles. The highest BCUT2D eigenvalue weighted by atomic mass is 79.9. The van der Waals surface area contributed by atoms with Crippen molar-refractivity contribution >= 4 is 54.9 Å². The van der Waals surface area contributed by atoms with E-state index < -0.39 is 5.97 Å². The first kappa shape index (κ1) is 20.1. The monoisotopic (exact) mass is 472 g/mol. The number of nitrogens with zero attached hydrogens (tertiary/aromatic N) is 1. The summed E-state index contributed by atoms with van der Waals surface area (Å²) >= 11 is 4.72. The maximum absolute atomic E-state index is 12.5. The van der Waals surface area contributed by atoms with Gasteiger partial charge in [0.1, 0.15) is 4.88 Å². The number of hydrogen-bond acceptors (Lipinski definition) is 4. The maximum atomic E-state index is 12.5. The second-order valence-electron chi connectivity index (χ2n) is 7.24. The highest BCUT2D eigenvalue weighted by molar-refractivity contribution is 9.10. The van der Waals surface area contributed by atoms with Crippen molar-refractivity contribution in [3.8, 4) is 0 Å². The zero-order valence-corrected chi connectivity index (χ0v) is 18.1. The molecule has 3 aromatic rings. The quantitative estimate of drug-likeness (QED) is 0.528.